The minimum atomic E-state index is -1.64. The maximum absolute atomic E-state index is 13.4. The average Bonchev–Trinajstić information content (AvgIpc) is 3.15. The molecule has 0 aromatic carbocycles. The Morgan fingerprint density at radius 3 is 2.11 bits per heavy atom. The maximum atomic E-state index is 13.4. The molecule has 7 heteroatoms. The zero-order valence-electron chi connectivity index (χ0n) is 10.7. The Balaban J connectivity index is 2.14. The minimum Gasteiger partial charge on any atom is -0.378 e. The number of nitrogens with zero attached hydrogens (tertiary/aromatic N) is 2. The highest BCUT2D eigenvalue weighted by molar-refractivity contribution is 5.45. The summed E-state index contributed by atoms with van der Waals surface area (Å²) in [6, 6.07) is 0.0677. The van der Waals surface area contributed by atoms with Gasteiger partial charge in [0.15, 0.2) is 0 Å². The number of hydrogen-bond donors (Lipinski definition) is 1. The van der Waals surface area contributed by atoms with Crippen LogP contribution in [-0.4, -0.2) is 36.6 Å². The van der Waals surface area contributed by atoms with Crippen molar-refractivity contribution in [3.63, 3.8) is 0 Å². The second kappa shape index (κ2) is 5.32. The van der Waals surface area contributed by atoms with Crippen molar-refractivity contribution in [3.8, 4) is 0 Å². The third-order valence-corrected chi connectivity index (χ3v) is 3.31. The van der Waals surface area contributed by atoms with E-state index >= 15 is 0 Å². The van der Waals surface area contributed by atoms with Crippen LogP contribution in [0.5, 0.6) is 0 Å². The van der Waals surface area contributed by atoms with Crippen LogP contribution in [0.2, 0.25) is 0 Å². The molecule has 1 N–H and O–H groups in total. The predicted molar refractivity (Wildman–Crippen MR) is 62.8 cm³/mol. The maximum Gasteiger partial charge on any atom is 0.253 e. The molecule has 2 rings (SSSR count). The number of likely N-dealkylation sites (N-methyl/N-ethyl adjacent to an activating group) is 1. The van der Waals surface area contributed by atoms with Gasteiger partial charge in [0.25, 0.3) is 11.9 Å². The van der Waals surface area contributed by atoms with Crippen molar-refractivity contribution in [2.45, 2.75) is 18.9 Å². The highest BCUT2D eigenvalue weighted by Crippen LogP contribution is 2.35. The number of hydrogen-bond acceptors (Lipinski definition) is 3. The number of halogens is 4. The quantitative estimate of drug-likeness (QED) is 0.661. The SMILES string of the molecule is CN(C)C(CNc1c(F)c(F)nc(F)c1F)C1CC1. The van der Waals surface area contributed by atoms with E-state index in [1.54, 1.807) is 0 Å². The van der Waals surface area contributed by atoms with Gasteiger partial charge in [0.2, 0.25) is 11.6 Å². The van der Waals surface area contributed by atoms with E-state index in [1.807, 2.05) is 19.0 Å². The minimum absolute atomic E-state index is 0.0677. The molecule has 1 atom stereocenters. The molecule has 3 nitrogen and oxygen atoms in total. The second-order valence-electron chi connectivity index (χ2n) is 4.95. The lowest BCUT2D eigenvalue weighted by Crippen LogP contribution is -2.36. The Bertz CT molecular complexity index is 446. The normalized spacial score (nSPS) is 16.8. The molecule has 1 fully saturated rings. The summed E-state index contributed by atoms with van der Waals surface area (Å²) in [5.41, 5.74) is -0.794. The third kappa shape index (κ3) is 2.97. The molecule has 0 radical (unpaired) electrons. The van der Waals surface area contributed by atoms with Crippen molar-refractivity contribution in [3.05, 3.63) is 23.5 Å². The van der Waals surface area contributed by atoms with Crippen molar-refractivity contribution in [2.24, 2.45) is 5.92 Å². The molecule has 19 heavy (non-hydrogen) atoms. The van der Waals surface area contributed by atoms with E-state index in [2.05, 4.69) is 10.3 Å². The monoisotopic (exact) mass is 277 g/mol. The Morgan fingerprint density at radius 2 is 1.68 bits per heavy atom. The van der Waals surface area contributed by atoms with Gasteiger partial charge in [0, 0.05) is 12.6 Å². The van der Waals surface area contributed by atoms with Gasteiger partial charge in [-0.05, 0) is 32.9 Å². The van der Waals surface area contributed by atoms with Gasteiger partial charge in [0.05, 0.1) is 0 Å². The largest absolute Gasteiger partial charge is 0.378 e. The van der Waals surface area contributed by atoms with E-state index in [4.69, 9.17) is 0 Å². The lowest BCUT2D eigenvalue weighted by molar-refractivity contribution is 0.275. The van der Waals surface area contributed by atoms with Crippen molar-refractivity contribution >= 4 is 5.69 Å². The van der Waals surface area contributed by atoms with Crippen LogP contribution in [0.1, 0.15) is 12.8 Å². The standard InChI is InChI=1S/C12H15F4N3/c1-19(2)7(6-3-4-6)5-17-10-8(13)11(15)18-12(16)9(10)14/h6-7H,3-5H2,1-2H3,(H,17,18). The smallest absolute Gasteiger partial charge is 0.253 e. The molecular weight excluding hydrogens is 262 g/mol. The molecule has 1 aliphatic carbocycles. The van der Waals surface area contributed by atoms with Crippen LogP contribution >= 0.6 is 0 Å². The highest BCUT2D eigenvalue weighted by atomic mass is 19.2. The van der Waals surface area contributed by atoms with Gasteiger partial charge < -0.3 is 10.2 Å². The Hall–Kier alpha value is -1.37. The molecular formula is C12H15F4N3. The fraction of sp³-hybridized carbons (Fsp3) is 0.583. The molecule has 1 aromatic heterocycles. The summed E-state index contributed by atoms with van der Waals surface area (Å²) in [6.45, 7) is 0.217. The van der Waals surface area contributed by atoms with Gasteiger partial charge >= 0.3 is 0 Å². The fourth-order valence-corrected chi connectivity index (χ4v) is 2.10. The lowest BCUT2D eigenvalue weighted by Gasteiger charge is -2.25. The van der Waals surface area contributed by atoms with Crippen LogP contribution in [-0.2, 0) is 0 Å². The summed E-state index contributed by atoms with van der Waals surface area (Å²) < 4.78 is 52.6. The van der Waals surface area contributed by atoms with E-state index in [0.29, 0.717) is 5.92 Å². The number of pyridine rings is 1. The van der Waals surface area contributed by atoms with Crippen molar-refractivity contribution in [1.82, 2.24) is 9.88 Å². The first-order valence-corrected chi connectivity index (χ1v) is 6.02. The van der Waals surface area contributed by atoms with Gasteiger partial charge in [-0.15, -0.1) is 0 Å². The number of nitrogens with one attached hydrogen (secondary N) is 1. The molecule has 0 aliphatic heterocycles. The van der Waals surface area contributed by atoms with Crippen LogP contribution in [0.4, 0.5) is 23.2 Å². The van der Waals surface area contributed by atoms with Gasteiger partial charge in [0.1, 0.15) is 5.69 Å². The molecule has 1 saturated carbocycles. The molecule has 0 saturated heterocycles. The third-order valence-electron chi connectivity index (χ3n) is 3.31. The Labute approximate surface area is 108 Å². The van der Waals surface area contributed by atoms with Crippen LogP contribution in [0.3, 0.4) is 0 Å². The molecule has 106 valence electrons. The van der Waals surface area contributed by atoms with Crippen LogP contribution in [0.15, 0.2) is 0 Å². The lowest BCUT2D eigenvalue weighted by atomic mass is 10.1. The van der Waals surface area contributed by atoms with Gasteiger partial charge in [-0.25, -0.2) is 0 Å². The molecule has 1 aromatic rings. The topological polar surface area (TPSA) is 28.2 Å². The highest BCUT2D eigenvalue weighted by Gasteiger charge is 2.33. The average molecular weight is 277 g/mol. The van der Waals surface area contributed by atoms with Crippen LogP contribution in [0.25, 0.3) is 0 Å². The first-order valence-electron chi connectivity index (χ1n) is 6.02. The molecule has 1 aliphatic rings. The second-order valence-corrected chi connectivity index (χ2v) is 4.95. The summed E-state index contributed by atoms with van der Waals surface area (Å²) >= 11 is 0. The molecule has 0 bridgehead atoms. The van der Waals surface area contributed by atoms with Crippen molar-refractivity contribution < 1.29 is 17.6 Å². The fourth-order valence-electron chi connectivity index (χ4n) is 2.10. The van der Waals surface area contributed by atoms with E-state index in [0.717, 1.165) is 12.8 Å². The molecule has 0 spiro atoms. The summed E-state index contributed by atoms with van der Waals surface area (Å²) in [4.78, 5) is 4.43. The Morgan fingerprint density at radius 1 is 1.16 bits per heavy atom. The molecule has 0 amide bonds. The molecule has 1 unspecified atom stereocenters. The summed E-state index contributed by atoms with van der Waals surface area (Å²) in [7, 11) is 3.70. The zero-order chi connectivity index (χ0) is 14.2. The van der Waals surface area contributed by atoms with Gasteiger partial charge in [-0.2, -0.15) is 22.5 Å². The first kappa shape index (κ1) is 14.0. The Kier molecular flexibility index (Phi) is 3.93. The van der Waals surface area contributed by atoms with Crippen molar-refractivity contribution in [1.29, 1.82) is 0 Å². The summed E-state index contributed by atoms with van der Waals surface area (Å²) in [6.07, 6.45) is 2.10. The zero-order valence-corrected chi connectivity index (χ0v) is 10.7. The van der Waals surface area contributed by atoms with E-state index in [9.17, 15) is 17.6 Å². The van der Waals surface area contributed by atoms with Gasteiger partial charge in [-0.1, -0.05) is 0 Å². The van der Waals surface area contributed by atoms with E-state index < -0.39 is 29.2 Å². The number of aromatic nitrogens is 1. The predicted octanol–water partition coefficient (Wildman–Crippen LogP) is 2.39. The van der Waals surface area contributed by atoms with Crippen molar-refractivity contribution in [2.75, 3.05) is 26.0 Å². The molecule has 1 heterocycles. The van der Waals surface area contributed by atoms with E-state index in [1.165, 1.54) is 0 Å². The first-order chi connectivity index (χ1) is 8.91. The van der Waals surface area contributed by atoms with Gasteiger partial charge in [-0.3, -0.25) is 0 Å². The summed E-state index contributed by atoms with van der Waals surface area (Å²) in [5.74, 6) is -5.83. The number of anilines is 1. The van der Waals surface area contributed by atoms with E-state index in [-0.39, 0.29) is 12.6 Å². The summed E-state index contributed by atoms with van der Waals surface area (Å²) in [5, 5.41) is 2.45. The van der Waals surface area contributed by atoms with Crippen LogP contribution in [0, 0.1) is 29.4 Å². The number of rotatable bonds is 5. The van der Waals surface area contributed by atoms with Crippen LogP contribution < -0.4 is 5.32 Å².